The number of nitrogens with two attached hydrogens (primary N) is 1. The Morgan fingerprint density at radius 3 is 2.58 bits per heavy atom. The average Bonchev–Trinajstić information content (AvgIpc) is 2.31. The number of hydrogen-bond acceptors (Lipinski definition) is 2. The number of urea groups is 1. The number of carbonyl (C=O) groups excluding carboxylic acids is 1. The van der Waals surface area contributed by atoms with Crippen molar-refractivity contribution in [2.75, 3.05) is 17.6 Å². The molecule has 0 saturated heterocycles. The summed E-state index contributed by atoms with van der Waals surface area (Å²) in [6.45, 7) is 2.48. The first kappa shape index (κ1) is 15.1. The van der Waals surface area contributed by atoms with Crippen molar-refractivity contribution in [3.63, 3.8) is 0 Å². The summed E-state index contributed by atoms with van der Waals surface area (Å²) in [7, 11) is 0. The number of benzene rings is 1. The second-order valence-corrected chi connectivity index (χ2v) is 4.03. The van der Waals surface area contributed by atoms with E-state index in [0.29, 0.717) is 6.54 Å². The molecule has 0 aliphatic rings. The standard InChI is InChI=1S/C12H16F3N3O/c1-2-3-6-17-11(19)18-10-5-4-8(7-9(10)16)12(13,14)15/h4-5,7H,2-3,6,16H2,1H3,(H2,17,18,19). The van der Waals surface area contributed by atoms with Gasteiger partial charge in [0.25, 0.3) is 0 Å². The maximum absolute atomic E-state index is 12.4. The van der Waals surface area contributed by atoms with Gasteiger partial charge in [-0.1, -0.05) is 13.3 Å². The predicted molar refractivity (Wildman–Crippen MR) is 67.8 cm³/mol. The van der Waals surface area contributed by atoms with E-state index in [9.17, 15) is 18.0 Å². The van der Waals surface area contributed by atoms with Crippen LogP contribution in [0.1, 0.15) is 25.3 Å². The van der Waals surface area contributed by atoms with Crippen LogP contribution in [0, 0.1) is 0 Å². The average molecular weight is 275 g/mol. The topological polar surface area (TPSA) is 67.2 Å². The molecule has 0 saturated carbocycles. The molecule has 19 heavy (non-hydrogen) atoms. The smallest absolute Gasteiger partial charge is 0.397 e. The molecule has 4 N–H and O–H groups in total. The van der Waals surface area contributed by atoms with Crippen molar-refractivity contribution in [3.8, 4) is 0 Å². The maximum atomic E-state index is 12.4. The van der Waals surface area contributed by atoms with Crippen molar-refractivity contribution in [2.45, 2.75) is 25.9 Å². The summed E-state index contributed by atoms with van der Waals surface area (Å²) in [4.78, 5) is 11.4. The number of nitrogens with one attached hydrogen (secondary N) is 2. The fourth-order valence-electron chi connectivity index (χ4n) is 1.40. The van der Waals surface area contributed by atoms with Crippen molar-refractivity contribution in [1.29, 1.82) is 0 Å². The molecule has 0 aliphatic carbocycles. The number of nitrogen functional groups attached to an aromatic ring is 1. The van der Waals surface area contributed by atoms with E-state index >= 15 is 0 Å². The molecule has 0 radical (unpaired) electrons. The number of unbranched alkanes of at least 4 members (excludes halogenated alkanes) is 1. The van der Waals surface area contributed by atoms with Gasteiger partial charge in [-0.15, -0.1) is 0 Å². The van der Waals surface area contributed by atoms with E-state index < -0.39 is 17.8 Å². The Morgan fingerprint density at radius 1 is 1.37 bits per heavy atom. The van der Waals surface area contributed by atoms with Crippen LogP contribution in [0.25, 0.3) is 0 Å². The highest BCUT2D eigenvalue weighted by Crippen LogP contribution is 2.32. The largest absolute Gasteiger partial charge is 0.416 e. The summed E-state index contributed by atoms with van der Waals surface area (Å²) in [5, 5.41) is 4.98. The highest BCUT2D eigenvalue weighted by molar-refractivity contribution is 5.92. The third kappa shape index (κ3) is 4.69. The minimum atomic E-state index is -4.45. The highest BCUT2D eigenvalue weighted by Gasteiger charge is 2.30. The van der Waals surface area contributed by atoms with Crippen molar-refractivity contribution in [2.24, 2.45) is 0 Å². The summed E-state index contributed by atoms with van der Waals surface area (Å²) >= 11 is 0. The summed E-state index contributed by atoms with van der Waals surface area (Å²) in [5.74, 6) is 0. The van der Waals surface area contributed by atoms with Crippen LogP contribution in [-0.4, -0.2) is 12.6 Å². The molecule has 1 aromatic carbocycles. The zero-order chi connectivity index (χ0) is 14.5. The summed E-state index contributed by atoms with van der Waals surface area (Å²) < 4.78 is 37.2. The molecule has 0 bridgehead atoms. The van der Waals surface area contributed by atoms with Gasteiger partial charge in [0, 0.05) is 6.54 Å². The van der Waals surface area contributed by atoms with E-state index in [1.54, 1.807) is 0 Å². The van der Waals surface area contributed by atoms with Crippen LogP contribution in [0.5, 0.6) is 0 Å². The lowest BCUT2D eigenvalue weighted by Gasteiger charge is -2.12. The van der Waals surface area contributed by atoms with Crippen molar-refractivity contribution in [1.82, 2.24) is 5.32 Å². The summed E-state index contributed by atoms with van der Waals surface area (Å²) in [6.07, 6.45) is -2.69. The number of alkyl halides is 3. The van der Waals surface area contributed by atoms with Gasteiger partial charge >= 0.3 is 12.2 Å². The van der Waals surface area contributed by atoms with Crippen LogP contribution in [0.2, 0.25) is 0 Å². The van der Waals surface area contributed by atoms with E-state index in [2.05, 4.69) is 10.6 Å². The minimum Gasteiger partial charge on any atom is -0.397 e. The van der Waals surface area contributed by atoms with Gasteiger partial charge in [0.1, 0.15) is 0 Å². The molecule has 7 heteroatoms. The molecule has 4 nitrogen and oxygen atoms in total. The Labute approximate surface area is 109 Å². The molecule has 0 heterocycles. The number of hydrogen-bond donors (Lipinski definition) is 3. The van der Waals surface area contributed by atoms with Crippen LogP contribution in [-0.2, 0) is 6.18 Å². The molecule has 0 atom stereocenters. The predicted octanol–water partition coefficient (Wildman–Crippen LogP) is 3.21. The summed E-state index contributed by atoms with van der Waals surface area (Å²) in [6, 6.07) is 2.32. The molecule has 1 rings (SSSR count). The molecule has 1 aromatic rings. The normalized spacial score (nSPS) is 11.2. The second-order valence-electron chi connectivity index (χ2n) is 4.03. The van der Waals surface area contributed by atoms with Gasteiger partial charge in [0.2, 0.25) is 0 Å². The van der Waals surface area contributed by atoms with Gasteiger partial charge in [-0.3, -0.25) is 0 Å². The third-order valence-corrected chi connectivity index (χ3v) is 2.44. The van der Waals surface area contributed by atoms with Gasteiger partial charge in [-0.25, -0.2) is 4.79 Å². The first-order valence-electron chi connectivity index (χ1n) is 5.86. The second kappa shape index (κ2) is 6.31. The molecule has 0 spiro atoms. The lowest BCUT2D eigenvalue weighted by molar-refractivity contribution is -0.137. The number of amides is 2. The Balaban J connectivity index is 2.67. The molecule has 0 aromatic heterocycles. The van der Waals surface area contributed by atoms with E-state index in [0.717, 1.165) is 31.0 Å². The van der Waals surface area contributed by atoms with E-state index in [1.807, 2.05) is 6.92 Å². The lowest BCUT2D eigenvalue weighted by atomic mass is 10.1. The minimum absolute atomic E-state index is 0.125. The van der Waals surface area contributed by atoms with Crippen molar-refractivity contribution in [3.05, 3.63) is 23.8 Å². The summed E-state index contributed by atoms with van der Waals surface area (Å²) in [5.41, 5.74) is 4.66. The van der Waals surface area contributed by atoms with E-state index in [-0.39, 0.29) is 11.4 Å². The molecule has 0 aliphatic heterocycles. The van der Waals surface area contributed by atoms with Gasteiger partial charge in [0.15, 0.2) is 0 Å². The molecular weight excluding hydrogens is 259 g/mol. The highest BCUT2D eigenvalue weighted by atomic mass is 19.4. The first-order chi connectivity index (χ1) is 8.84. The molecule has 2 amide bonds. The SMILES string of the molecule is CCCCNC(=O)Nc1ccc(C(F)(F)F)cc1N. The lowest BCUT2D eigenvalue weighted by Crippen LogP contribution is -2.29. The number of carbonyl (C=O) groups is 1. The Kier molecular flexibility index (Phi) is 5.02. The van der Waals surface area contributed by atoms with E-state index in [4.69, 9.17) is 5.73 Å². The number of rotatable bonds is 4. The van der Waals surface area contributed by atoms with Crippen molar-refractivity contribution >= 4 is 17.4 Å². The monoisotopic (exact) mass is 275 g/mol. The first-order valence-corrected chi connectivity index (χ1v) is 5.86. The molecule has 0 unspecified atom stereocenters. The number of halogens is 3. The fraction of sp³-hybridized carbons (Fsp3) is 0.417. The van der Waals surface area contributed by atoms with Gasteiger partial charge in [0.05, 0.1) is 16.9 Å². The van der Waals surface area contributed by atoms with Crippen LogP contribution in [0.4, 0.5) is 29.3 Å². The molecular formula is C12H16F3N3O. The Hall–Kier alpha value is -1.92. The van der Waals surface area contributed by atoms with Crippen molar-refractivity contribution < 1.29 is 18.0 Å². The molecule has 106 valence electrons. The van der Waals surface area contributed by atoms with Crippen LogP contribution >= 0.6 is 0 Å². The number of anilines is 2. The Bertz CT molecular complexity index is 446. The van der Waals surface area contributed by atoms with Crippen LogP contribution in [0.3, 0.4) is 0 Å². The van der Waals surface area contributed by atoms with Gasteiger partial charge < -0.3 is 16.4 Å². The zero-order valence-electron chi connectivity index (χ0n) is 10.5. The quantitative estimate of drug-likeness (QED) is 0.583. The van der Waals surface area contributed by atoms with E-state index in [1.165, 1.54) is 0 Å². The van der Waals surface area contributed by atoms with Gasteiger partial charge in [-0.2, -0.15) is 13.2 Å². The van der Waals surface area contributed by atoms with Gasteiger partial charge in [-0.05, 0) is 24.6 Å². The fourth-order valence-corrected chi connectivity index (χ4v) is 1.40. The molecule has 0 fully saturated rings. The van der Waals surface area contributed by atoms with Crippen LogP contribution < -0.4 is 16.4 Å². The third-order valence-electron chi connectivity index (χ3n) is 2.44. The van der Waals surface area contributed by atoms with Crippen LogP contribution in [0.15, 0.2) is 18.2 Å². The maximum Gasteiger partial charge on any atom is 0.416 e. The Morgan fingerprint density at radius 2 is 2.05 bits per heavy atom. The zero-order valence-corrected chi connectivity index (χ0v) is 10.5.